The summed E-state index contributed by atoms with van der Waals surface area (Å²) in [5.74, 6) is -0.0616. The quantitative estimate of drug-likeness (QED) is 0.784. The number of halogens is 2. The van der Waals surface area contributed by atoms with Crippen LogP contribution in [0, 0.1) is 5.41 Å². The average Bonchev–Trinajstić information content (AvgIpc) is 2.43. The van der Waals surface area contributed by atoms with Crippen LogP contribution >= 0.6 is 23.2 Å². The van der Waals surface area contributed by atoms with Crippen molar-refractivity contribution < 1.29 is 9.63 Å². The van der Waals surface area contributed by atoms with Gasteiger partial charge in [0.1, 0.15) is 6.10 Å². The molecule has 0 radical (unpaired) electrons. The Morgan fingerprint density at radius 2 is 2.00 bits per heavy atom. The molecule has 1 aliphatic heterocycles. The standard InChI is InChI=1S/C12H13Cl2NO2/c1-12(2)10(17-15(3)11(12)16)8-5-4-7(13)6-9(8)14/h4-6,10H,1-3H3. The smallest absolute Gasteiger partial charge is 0.254 e. The van der Waals surface area contributed by atoms with Crippen LogP contribution in [0.4, 0.5) is 0 Å². The monoisotopic (exact) mass is 273 g/mol. The van der Waals surface area contributed by atoms with Crippen molar-refractivity contribution in [2.24, 2.45) is 5.41 Å². The van der Waals surface area contributed by atoms with Gasteiger partial charge in [-0.3, -0.25) is 9.63 Å². The Morgan fingerprint density at radius 3 is 2.47 bits per heavy atom. The average molecular weight is 274 g/mol. The van der Waals surface area contributed by atoms with Crippen LogP contribution in [0.5, 0.6) is 0 Å². The van der Waals surface area contributed by atoms with Crippen LogP contribution < -0.4 is 0 Å². The van der Waals surface area contributed by atoms with Crippen molar-refractivity contribution in [2.45, 2.75) is 20.0 Å². The van der Waals surface area contributed by atoms with Gasteiger partial charge in [-0.15, -0.1) is 0 Å². The lowest BCUT2D eigenvalue weighted by Crippen LogP contribution is -2.28. The first-order valence-corrected chi connectivity index (χ1v) is 5.99. The summed E-state index contributed by atoms with van der Waals surface area (Å²) in [4.78, 5) is 17.5. The van der Waals surface area contributed by atoms with Crippen molar-refractivity contribution in [3.05, 3.63) is 33.8 Å². The molecule has 0 spiro atoms. The van der Waals surface area contributed by atoms with E-state index < -0.39 is 5.41 Å². The van der Waals surface area contributed by atoms with Gasteiger partial charge in [-0.2, -0.15) is 0 Å². The van der Waals surface area contributed by atoms with Crippen molar-refractivity contribution >= 4 is 29.1 Å². The van der Waals surface area contributed by atoms with Gasteiger partial charge in [-0.25, -0.2) is 5.06 Å². The number of carbonyl (C=O) groups is 1. The largest absolute Gasteiger partial charge is 0.272 e. The van der Waals surface area contributed by atoms with Crippen molar-refractivity contribution in [3.8, 4) is 0 Å². The lowest BCUT2D eigenvalue weighted by atomic mass is 9.83. The predicted octanol–water partition coefficient (Wildman–Crippen LogP) is 3.46. The van der Waals surface area contributed by atoms with Crippen LogP contribution in [0.25, 0.3) is 0 Å². The van der Waals surface area contributed by atoms with E-state index in [0.717, 1.165) is 5.56 Å². The maximum absolute atomic E-state index is 11.9. The number of hydroxylamine groups is 2. The third-order valence-electron chi connectivity index (χ3n) is 3.00. The minimum atomic E-state index is -0.633. The summed E-state index contributed by atoms with van der Waals surface area (Å²) in [5, 5.41) is 2.34. The Morgan fingerprint density at radius 1 is 1.35 bits per heavy atom. The van der Waals surface area contributed by atoms with Crippen LogP contribution in [0.15, 0.2) is 18.2 Å². The first-order chi connectivity index (χ1) is 7.84. The van der Waals surface area contributed by atoms with Crippen LogP contribution in [-0.4, -0.2) is 18.0 Å². The number of hydrogen-bond donors (Lipinski definition) is 0. The van der Waals surface area contributed by atoms with Gasteiger partial charge in [0.2, 0.25) is 0 Å². The van der Waals surface area contributed by atoms with E-state index in [1.165, 1.54) is 5.06 Å². The summed E-state index contributed by atoms with van der Waals surface area (Å²) in [6, 6.07) is 5.19. The van der Waals surface area contributed by atoms with Gasteiger partial charge >= 0.3 is 0 Å². The fourth-order valence-electron chi connectivity index (χ4n) is 2.02. The molecule has 1 aliphatic rings. The highest BCUT2D eigenvalue weighted by molar-refractivity contribution is 6.35. The Labute approximate surface area is 110 Å². The third-order valence-corrected chi connectivity index (χ3v) is 3.56. The van der Waals surface area contributed by atoms with E-state index >= 15 is 0 Å². The van der Waals surface area contributed by atoms with Gasteiger partial charge in [-0.1, -0.05) is 29.3 Å². The Bertz CT molecular complexity index is 474. The maximum atomic E-state index is 11.9. The zero-order valence-corrected chi connectivity index (χ0v) is 11.3. The second-order valence-electron chi connectivity index (χ2n) is 4.68. The molecular formula is C12H13Cl2NO2. The molecule has 0 N–H and O–H groups in total. The van der Waals surface area contributed by atoms with Crippen LogP contribution in [0.1, 0.15) is 25.5 Å². The molecule has 1 fully saturated rings. The molecule has 0 bridgehead atoms. The minimum absolute atomic E-state index is 0.0616. The van der Waals surface area contributed by atoms with E-state index in [2.05, 4.69) is 0 Å². The summed E-state index contributed by atoms with van der Waals surface area (Å²) in [6.45, 7) is 3.68. The number of carbonyl (C=O) groups excluding carboxylic acids is 1. The van der Waals surface area contributed by atoms with Crippen molar-refractivity contribution in [1.82, 2.24) is 5.06 Å². The molecule has 92 valence electrons. The van der Waals surface area contributed by atoms with Gasteiger partial charge in [0.25, 0.3) is 5.91 Å². The van der Waals surface area contributed by atoms with Crippen LogP contribution in [0.3, 0.4) is 0 Å². The summed E-state index contributed by atoms with van der Waals surface area (Å²) < 4.78 is 0. The van der Waals surface area contributed by atoms with Gasteiger partial charge in [0, 0.05) is 22.7 Å². The molecular weight excluding hydrogens is 261 g/mol. The molecule has 1 unspecified atom stereocenters. The molecule has 1 aromatic carbocycles. The Balaban J connectivity index is 2.44. The van der Waals surface area contributed by atoms with Crippen LogP contribution in [0.2, 0.25) is 10.0 Å². The molecule has 2 rings (SSSR count). The van der Waals surface area contributed by atoms with Crippen molar-refractivity contribution in [1.29, 1.82) is 0 Å². The topological polar surface area (TPSA) is 29.5 Å². The molecule has 0 aromatic heterocycles. The van der Waals surface area contributed by atoms with Gasteiger partial charge in [-0.05, 0) is 26.0 Å². The number of rotatable bonds is 1. The predicted molar refractivity (Wildman–Crippen MR) is 66.8 cm³/mol. The number of nitrogens with zero attached hydrogens (tertiary/aromatic N) is 1. The van der Waals surface area contributed by atoms with Crippen LogP contribution in [-0.2, 0) is 9.63 Å². The molecule has 3 nitrogen and oxygen atoms in total. The Kier molecular flexibility index (Phi) is 3.10. The molecule has 1 atom stereocenters. The normalized spacial score (nSPS) is 23.2. The minimum Gasteiger partial charge on any atom is -0.272 e. The lowest BCUT2D eigenvalue weighted by molar-refractivity contribution is -0.164. The van der Waals surface area contributed by atoms with E-state index in [-0.39, 0.29) is 12.0 Å². The highest BCUT2D eigenvalue weighted by Gasteiger charge is 2.49. The highest BCUT2D eigenvalue weighted by Crippen LogP contribution is 2.46. The highest BCUT2D eigenvalue weighted by atomic mass is 35.5. The zero-order valence-electron chi connectivity index (χ0n) is 9.83. The molecule has 0 saturated carbocycles. The van der Waals surface area contributed by atoms with Gasteiger partial charge in [0.05, 0.1) is 5.41 Å². The van der Waals surface area contributed by atoms with Gasteiger partial charge < -0.3 is 0 Å². The number of benzene rings is 1. The summed E-state index contributed by atoms with van der Waals surface area (Å²) >= 11 is 12.0. The molecule has 1 aromatic rings. The van der Waals surface area contributed by atoms with Crippen molar-refractivity contribution in [3.63, 3.8) is 0 Å². The second-order valence-corrected chi connectivity index (χ2v) is 5.52. The molecule has 1 heterocycles. The third kappa shape index (κ3) is 2.03. The lowest BCUT2D eigenvalue weighted by Gasteiger charge is -2.22. The fraction of sp³-hybridized carbons (Fsp3) is 0.417. The zero-order chi connectivity index (χ0) is 12.8. The van der Waals surface area contributed by atoms with E-state index in [1.807, 2.05) is 13.8 Å². The van der Waals surface area contributed by atoms with Gasteiger partial charge in [0.15, 0.2) is 0 Å². The number of hydrogen-bond acceptors (Lipinski definition) is 2. The maximum Gasteiger partial charge on any atom is 0.254 e. The first kappa shape index (κ1) is 12.7. The summed E-state index contributed by atoms with van der Waals surface area (Å²) in [7, 11) is 1.61. The van der Waals surface area contributed by atoms with E-state index in [9.17, 15) is 4.79 Å². The molecule has 17 heavy (non-hydrogen) atoms. The molecule has 5 heteroatoms. The SMILES string of the molecule is CN1OC(c2ccc(Cl)cc2Cl)C(C)(C)C1=O. The molecule has 1 saturated heterocycles. The van der Waals surface area contributed by atoms with E-state index in [4.69, 9.17) is 28.0 Å². The summed E-state index contributed by atoms with van der Waals surface area (Å²) in [5.41, 5.74) is 0.144. The number of amides is 1. The summed E-state index contributed by atoms with van der Waals surface area (Å²) in [6.07, 6.45) is -0.384. The van der Waals surface area contributed by atoms with Crippen molar-refractivity contribution in [2.75, 3.05) is 7.05 Å². The fourth-order valence-corrected chi connectivity index (χ4v) is 2.52. The Hall–Kier alpha value is -0.770. The molecule has 1 amide bonds. The molecule has 0 aliphatic carbocycles. The second kappa shape index (κ2) is 4.16. The van der Waals surface area contributed by atoms with E-state index in [1.54, 1.807) is 25.2 Å². The van der Waals surface area contributed by atoms with E-state index in [0.29, 0.717) is 10.0 Å². The first-order valence-electron chi connectivity index (χ1n) is 5.24.